The minimum atomic E-state index is -0.786. The number of nitrogens with zero attached hydrogens (tertiary/aromatic N) is 2. The molecule has 1 saturated heterocycles. The van der Waals surface area contributed by atoms with Gasteiger partial charge in [0.15, 0.2) is 0 Å². The smallest absolute Gasteiger partial charge is 0.242 e. The summed E-state index contributed by atoms with van der Waals surface area (Å²) in [6.45, 7) is 18.8. The van der Waals surface area contributed by atoms with Gasteiger partial charge in [0.25, 0.3) is 0 Å². The third-order valence-electron chi connectivity index (χ3n) is 4.44. The van der Waals surface area contributed by atoms with Crippen molar-refractivity contribution < 1.29 is 16.4 Å². The van der Waals surface area contributed by atoms with E-state index in [-0.39, 0.29) is 12.7 Å². The van der Waals surface area contributed by atoms with E-state index in [1.807, 2.05) is 4.90 Å². The van der Waals surface area contributed by atoms with Crippen LogP contribution >= 0.6 is 0 Å². The van der Waals surface area contributed by atoms with Crippen LogP contribution in [0.3, 0.4) is 0 Å². The molecule has 28 heavy (non-hydrogen) atoms. The Kier molecular flexibility index (Phi) is 8.06. The third-order valence-corrected chi connectivity index (χ3v) is 4.44. The Balaban J connectivity index is 0.000000981. The maximum absolute atomic E-state index is 12.3. The molecule has 1 fully saturated rings. The van der Waals surface area contributed by atoms with E-state index in [2.05, 4.69) is 54.8 Å². The van der Waals surface area contributed by atoms with Crippen LogP contribution < -0.4 is 10.6 Å². The van der Waals surface area contributed by atoms with E-state index in [0.29, 0.717) is 0 Å². The van der Waals surface area contributed by atoms with Crippen molar-refractivity contribution in [2.45, 2.75) is 71.9 Å². The Bertz CT molecular complexity index is 638. The number of para-hydroxylation sites is 1. The van der Waals surface area contributed by atoms with Gasteiger partial charge in [0.1, 0.15) is 0 Å². The van der Waals surface area contributed by atoms with E-state index < -0.39 is 11.1 Å². The predicted octanol–water partition coefficient (Wildman–Crippen LogP) is 3.89. The fourth-order valence-corrected chi connectivity index (χ4v) is 2.94. The molecule has 1 aliphatic rings. The number of hydrogen-bond donors (Lipinski definition) is 2. The van der Waals surface area contributed by atoms with Gasteiger partial charge in [0.05, 0.1) is 11.1 Å². The lowest BCUT2D eigenvalue weighted by atomic mass is 9.85. The van der Waals surface area contributed by atoms with Gasteiger partial charge in [-0.05, 0) is 51.7 Å². The average Bonchev–Trinajstić information content (AvgIpc) is 2.59. The number of nitrogens with two attached hydrogens (primary N) is 1. The van der Waals surface area contributed by atoms with Gasteiger partial charge in [-0.15, -0.1) is 0 Å². The molecule has 1 amide bonds. The average molecular weight is 396 g/mol. The first-order chi connectivity index (χ1) is 12.7. The lowest BCUT2D eigenvalue weighted by molar-refractivity contribution is -0.306. The minimum absolute atomic E-state index is 0. The quantitative estimate of drug-likeness (QED) is 0.587. The molecule has 2 rings (SSSR count). The van der Waals surface area contributed by atoms with E-state index in [9.17, 15) is 4.79 Å². The second kappa shape index (κ2) is 9.25. The van der Waals surface area contributed by atoms with Gasteiger partial charge in [-0.1, -0.05) is 39.0 Å². The monoisotopic (exact) mass is 395 g/mol. The maximum Gasteiger partial charge on any atom is 0.242 e. The molecular weight excluding hydrogens is 354 g/mol. The summed E-state index contributed by atoms with van der Waals surface area (Å²) in [5.74, 6) is 0.0382. The first kappa shape index (κ1) is 24.4. The van der Waals surface area contributed by atoms with E-state index >= 15 is 0 Å². The predicted molar refractivity (Wildman–Crippen MR) is 118 cm³/mol. The molecule has 6 heteroatoms. The molecule has 162 valence electrons. The Morgan fingerprint density at radius 2 is 1.46 bits per heavy atom. The van der Waals surface area contributed by atoms with Crippen LogP contribution in [0.2, 0.25) is 0 Å². The summed E-state index contributed by atoms with van der Waals surface area (Å²) < 4.78 is 0. The summed E-state index contributed by atoms with van der Waals surface area (Å²) in [4.78, 5) is 20.5. The summed E-state index contributed by atoms with van der Waals surface area (Å²) in [5.41, 5.74) is 7.50. The molecule has 0 radical (unpaired) electrons. The Morgan fingerprint density at radius 1 is 1.00 bits per heavy atom. The van der Waals surface area contributed by atoms with Crippen LogP contribution in [0, 0.1) is 0 Å². The second-order valence-electron chi connectivity index (χ2n) is 9.97. The molecule has 3 N–H and O–H groups in total. The fourth-order valence-electron chi connectivity index (χ4n) is 2.94. The van der Waals surface area contributed by atoms with Crippen LogP contribution in [-0.2, 0) is 15.1 Å². The number of carbonyl (C=O) groups is 1. The van der Waals surface area contributed by atoms with Crippen LogP contribution in [0.25, 0.3) is 0 Å². The van der Waals surface area contributed by atoms with Crippen molar-refractivity contribution in [2.75, 3.05) is 31.1 Å². The van der Waals surface area contributed by atoms with E-state index in [1.54, 1.807) is 34.6 Å². The zero-order chi connectivity index (χ0) is 21.8. The first-order valence-electron chi connectivity index (χ1n) is 9.92. The molecule has 0 aromatic heterocycles. The summed E-state index contributed by atoms with van der Waals surface area (Å²) in [7, 11) is 0. The molecule has 1 aliphatic heterocycles. The second-order valence-corrected chi connectivity index (χ2v) is 9.97. The number of anilines is 1. The SMILES string of the molecule is CC(C)(C)OO.CC(C)(N)C(=O)N1CCN(c2ccccc2C(C)(C)C)CC1.[HH]. The van der Waals surface area contributed by atoms with Gasteiger partial charge in [-0.3, -0.25) is 10.1 Å². The first-order valence-corrected chi connectivity index (χ1v) is 9.92. The summed E-state index contributed by atoms with van der Waals surface area (Å²) in [5, 5.41) is 7.90. The van der Waals surface area contributed by atoms with Crippen molar-refractivity contribution in [1.29, 1.82) is 0 Å². The molecule has 0 spiro atoms. The lowest BCUT2D eigenvalue weighted by Gasteiger charge is -2.40. The highest BCUT2D eigenvalue weighted by Crippen LogP contribution is 2.32. The molecular formula is C22H41N3O3. The summed E-state index contributed by atoms with van der Waals surface area (Å²) in [6.07, 6.45) is 0. The van der Waals surface area contributed by atoms with Crippen molar-refractivity contribution in [1.82, 2.24) is 4.90 Å². The number of carbonyl (C=O) groups excluding carboxylic acids is 1. The molecule has 0 unspecified atom stereocenters. The van der Waals surface area contributed by atoms with Gasteiger partial charge in [0, 0.05) is 33.3 Å². The summed E-state index contributed by atoms with van der Waals surface area (Å²) >= 11 is 0. The molecule has 0 atom stereocenters. The molecule has 6 nitrogen and oxygen atoms in total. The molecule has 1 heterocycles. The highest BCUT2D eigenvalue weighted by molar-refractivity contribution is 5.85. The van der Waals surface area contributed by atoms with Gasteiger partial charge >= 0.3 is 0 Å². The zero-order valence-electron chi connectivity index (χ0n) is 18.9. The van der Waals surface area contributed by atoms with E-state index in [1.165, 1.54) is 11.3 Å². The van der Waals surface area contributed by atoms with Crippen LogP contribution in [0.4, 0.5) is 5.69 Å². The van der Waals surface area contributed by atoms with Crippen molar-refractivity contribution >= 4 is 11.6 Å². The highest BCUT2D eigenvalue weighted by atomic mass is 17.1. The van der Waals surface area contributed by atoms with Crippen molar-refractivity contribution in [3.8, 4) is 0 Å². The van der Waals surface area contributed by atoms with Gasteiger partial charge in [-0.2, -0.15) is 0 Å². The standard InChI is InChI=1S/C18H29N3O.C4H10O2.H2/c1-17(2,3)14-8-6-7-9-15(14)20-10-12-21(13-11-20)16(22)18(4,5)19;1-4(2,3)6-5;/h6-9H,10-13,19H2,1-5H3;5H,1-3H3;1H. The maximum atomic E-state index is 12.3. The Hall–Kier alpha value is -1.63. The third kappa shape index (κ3) is 7.41. The van der Waals surface area contributed by atoms with Gasteiger partial charge in [-0.25, -0.2) is 4.89 Å². The van der Waals surface area contributed by atoms with E-state index in [0.717, 1.165) is 26.2 Å². The number of hydrogen-bond acceptors (Lipinski definition) is 5. The highest BCUT2D eigenvalue weighted by Gasteiger charge is 2.31. The number of rotatable bonds is 2. The molecule has 0 aliphatic carbocycles. The van der Waals surface area contributed by atoms with E-state index in [4.69, 9.17) is 11.0 Å². The van der Waals surface area contributed by atoms with Crippen molar-refractivity contribution in [3.63, 3.8) is 0 Å². The molecule has 0 bridgehead atoms. The zero-order valence-corrected chi connectivity index (χ0v) is 18.9. The van der Waals surface area contributed by atoms with Crippen LogP contribution in [-0.4, -0.2) is 53.4 Å². The molecule has 0 saturated carbocycles. The van der Waals surface area contributed by atoms with Crippen LogP contribution in [0.5, 0.6) is 0 Å². The largest absolute Gasteiger partial charge is 0.368 e. The topological polar surface area (TPSA) is 79.0 Å². The van der Waals surface area contributed by atoms with Crippen molar-refractivity contribution in [2.24, 2.45) is 5.73 Å². The Morgan fingerprint density at radius 3 is 1.86 bits per heavy atom. The lowest BCUT2D eigenvalue weighted by Crippen LogP contribution is -2.57. The number of benzene rings is 1. The Labute approximate surface area is 172 Å². The normalized spacial score (nSPS) is 15.8. The summed E-state index contributed by atoms with van der Waals surface area (Å²) in [6, 6.07) is 8.58. The molecule has 1 aromatic rings. The fraction of sp³-hybridized carbons (Fsp3) is 0.682. The minimum Gasteiger partial charge on any atom is -0.368 e. The number of piperazine rings is 1. The van der Waals surface area contributed by atoms with Gasteiger partial charge < -0.3 is 15.5 Å². The van der Waals surface area contributed by atoms with Crippen LogP contribution in [0.15, 0.2) is 24.3 Å². The number of amides is 1. The molecule has 1 aromatic carbocycles. The van der Waals surface area contributed by atoms with Crippen molar-refractivity contribution in [3.05, 3.63) is 29.8 Å². The van der Waals surface area contributed by atoms with Gasteiger partial charge in [0.2, 0.25) is 5.91 Å². The van der Waals surface area contributed by atoms with Crippen LogP contribution in [0.1, 0.15) is 62.4 Å².